The summed E-state index contributed by atoms with van der Waals surface area (Å²) < 4.78 is 14.9. The highest BCUT2D eigenvalue weighted by Crippen LogP contribution is 2.75. The summed E-state index contributed by atoms with van der Waals surface area (Å²) in [6, 6.07) is 8.58. The number of aliphatic hydroxyl groups is 5. The first-order valence-corrected chi connectivity index (χ1v) is 28.8. The predicted octanol–water partition coefficient (Wildman–Crippen LogP) is 7.23. The van der Waals surface area contributed by atoms with E-state index in [2.05, 4.69) is 33.2 Å². The maximum absolute atomic E-state index is 15.4. The van der Waals surface area contributed by atoms with Gasteiger partial charge in [-0.15, -0.1) is 5.92 Å². The zero-order chi connectivity index (χ0) is 52.8. The number of phenols is 1. The number of carbonyl (C=O) groups is 2. The molecule has 0 unspecified atom stereocenters. The maximum Gasteiger partial charge on any atom is 0.261 e. The average molecular weight is 1050 g/mol. The Morgan fingerprint density at radius 2 is 1.69 bits per heavy atom. The van der Waals surface area contributed by atoms with E-state index in [1.54, 1.807) is 37.4 Å². The van der Waals surface area contributed by atoms with Crippen LogP contribution in [-0.4, -0.2) is 111 Å². The van der Waals surface area contributed by atoms with Gasteiger partial charge in [0.2, 0.25) is 5.78 Å². The Morgan fingerprint density at radius 3 is 2.55 bits per heavy atom. The number of phenolic OH excluding ortho intramolecular Hbond substituents is 1. The van der Waals surface area contributed by atoms with E-state index < -0.39 is 75.6 Å². The van der Waals surface area contributed by atoms with Crippen LogP contribution in [0.1, 0.15) is 168 Å². The highest BCUT2D eigenvalue weighted by molar-refractivity contribution is 6.34. The van der Waals surface area contributed by atoms with Gasteiger partial charge in [0, 0.05) is 81.0 Å². The molecule has 15 heteroatoms. The lowest BCUT2D eigenvalue weighted by Gasteiger charge is -2.64. The fraction of sp³-hybridized carbons (Fsp3) is 0.524. The number of rotatable bonds is 0. The number of aromatic amines is 2. The zero-order valence-corrected chi connectivity index (χ0v) is 43.5. The summed E-state index contributed by atoms with van der Waals surface area (Å²) in [5.74, 6) is 3.39. The van der Waals surface area contributed by atoms with Crippen LogP contribution in [0.5, 0.6) is 11.5 Å². The normalized spacial score (nSPS) is 39.6. The number of nitrogens with one attached hydrogen (secondary N) is 3. The van der Waals surface area contributed by atoms with Crippen LogP contribution in [0.25, 0.3) is 16.3 Å². The molecule has 10 bridgehead atoms. The molecule has 5 aromatic rings. The second-order valence-corrected chi connectivity index (χ2v) is 26.1. The highest BCUT2D eigenvalue weighted by Gasteiger charge is 2.77. The van der Waals surface area contributed by atoms with Gasteiger partial charge in [-0.3, -0.25) is 9.59 Å². The van der Waals surface area contributed by atoms with E-state index in [4.69, 9.17) is 19.4 Å². The van der Waals surface area contributed by atoms with Crippen molar-refractivity contribution in [2.75, 3.05) is 11.9 Å². The van der Waals surface area contributed by atoms with Crippen molar-refractivity contribution < 1.29 is 49.7 Å². The Morgan fingerprint density at radius 1 is 0.846 bits per heavy atom. The molecule has 0 radical (unpaired) electrons. The summed E-state index contributed by atoms with van der Waals surface area (Å²) in [6.45, 7) is 1.71. The van der Waals surface area contributed by atoms with Crippen LogP contribution >= 0.6 is 0 Å². The number of hydrogen-bond acceptors (Lipinski definition) is 13. The van der Waals surface area contributed by atoms with Gasteiger partial charge in [0.05, 0.1) is 40.8 Å². The number of imidazole rings is 1. The smallest absolute Gasteiger partial charge is 0.261 e. The Bertz CT molecular complexity index is 3730. The van der Waals surface area contributed by atoms with E-state index in [-0.39, 0.29) is 63.5 Å². The fourth-order valence-electron chi connectivity index (χ4n) is 19.9. The number of aromatic hydroxyl groups is 1. The first-order chi connectivity index (χ1) is 37.7. The van der Waals surface area contributed by atoms with Crippen molar-refractivity contribution in [2.45, 2.75) is 163 Å². The number of fused-ring (bicyclic) bond motifs is 7. The van der Waals surface area contributed by atoms with E-state index in [1.807, 2.05) is 6.33 Å². The fourth-order valence-corrected chi connectivity index (χ4v) is 19.9. The van der Waals surface area contributed by atoms with Crippen molar-refractivity contribution in [3.05, 3.63) is 116 Å². The summed E-state index contributed by atoms with van der Waals surface area (Å²) in [7, 11) is 0. The molecule has 1 saturated heterocycles. The number of aliphatic hydroxyl groups excluding tert-OH is 5. The van der Waals surface area contributed by atoms with Gasteiger partial charge in [0.25, 0.3) is 5.79 Å². The van der Waals surface area contributed by atoms with Crippen LogP contribution in [0.4, 0.5) is 5.82 Å². The standard InChI is InChI=1S/C63H63N5O10/c1-29-20-35-44(40(69)21-29)51(72)46-41-22-34-33(45(46)50(35)71)13-19-64-56(34)65-26-43(70)60-16-12-30-6-4-7-31-8-5-9-32-10-11-39-53(67-28-66-39)62(31,32)42-23-36(47(30)60)49(68-42)37-24-61(77-41)54(74)52(73)55(75)63(78-61)48(37)38(60)25-59(57(63)76)18-17-58(27-59)14-2-3-15-58/h13,19-24,28,30-32,43,47,52,54-55,57,68-70,73-76H,2-3,5,7-12,14-18,25-27H2,1H3,(H,64,65)(H,66,67)/t30-,31-,32+,43-,47-,52+,54+,55-,57-,59+,60-,61+,62+,63-/m0/s1. The molecule has 4 saturated carbocycles. The molecule has 6 spiro atoms. The Balaban J connectivity index is 1.01. The lowest BCUT2D eigenvalue weighted by Crippen LogP contribution is -2.79. The molecule has 9 N–H and O–H groups in total. The third-order valence-electron chi connectivity index (χ3n) is 22.9. The van der Waals surface area contributed by atoms with E-state index >= 15 is 9.59 Å². The van der Waals surface area contributed by atoms with Gasteiger partial charge in [0.1, 0.15) is 29.5 Å². The minimum absolute atomic E-state index is 0.0152. The summed E-state index contributed by atoms with van der Waals surface area (Å²) in [5, 5.41) is 83.3. The molecule has 14 atom stereocenters. The van der Waals surface area contributed by atoms with E-state index in [1.165, 1.54) is 6.07 Å². The summed E-state index contributed by atoms with van der Waals surface area (Å²) in [4.78, 5) is 48.3. The SMILES string of the molecule is Cc1cc(O)c2c(c1)C(=O)c1c(c3cc4c(nccc14)NC[C@H](O)[C@]14CC[C@@H]5C#CC[C@H]6CCC[C@@H]7CCc8[nH]cnc8[C@@]76c6cc(c([nH]6)C6=C[C@@]7(O3)O[C@@]3(C6=C1C[C@@]1(CCC6(CCCC6)C1)[C@@H]3O)[C@@H](O)[C@H](O)[C@H]7O)[C@H]54)C2=O. The van der Waals surface area contributed by atoms with E-state index in [9.17, 15) is 30.6 Å². The molecule has 15 nitrogen and oxygen atoms in total. The number of hydrogen-bond donors (Lipinski definition) is 9. The molecular weight excluding hydrogens is 987 g/mol. The van der Waals surface area contributed by atoms with Crippen molar-refractivity contribution in [1.82, 2.24) is 19.9 Å². The molecule has 0 amide bonds. The molecule has 3 aromatic heterocycles. The molecule has 5 fully saturated rings. The number of H-pyrrole nitrogens is 2. The molecular formula is C63H63N5O10. The van der Waals surface area contributed by atoms with Crippen LogP contribution in [-0.2, 0) is 16.6 Å². The minimum atomic E-state index is -2.47. The summed E-state index contributed by atoms with van der Waals surface area (Å²) in [5.41, 5.74) is 1.87. The van der Waals surface area contributed by atoms with Gasteiger partial charge < -0.3 is 55.4 Å². The van der Waals surface area contributed by atoms with Crippen molar-refractivity contribution >= 4 is 33.7 Å². The van der Waals surface area contributed by atoms with Gasteiger partial charge in [-0.25, -0.2) is 9.97 Å². The first-order valence-electron chi connectivity index (χ1n) is 28.8. The quantitative estimate of drug-likeness (QED) is 0.0683. The van der Waals surface area contributed by atoms with Crippen LogP contribution in [0.3, 0.4) is 0 Å². The van der Waals surface area contributed by atoms with Crippen LogP contribution in [0.15, 0.2) is 60.1 Å². The number of carbonyl (C=O) groups excluding carboxylic acids is 2. The maximum atomic E-state index is 15.4. The number of ether oxygens (including phenoxy) is 2. The number of benzene rings is 2. The predicted molar refractivity (Wildman–Crippen MR) is 284 cm³/mol. The lowest BCUT2D eigenvalue weighted by molar-refractivity contribution is -0.366. The molecule has 78 heavy (non-hydrogen) atoms. The Kier molecular flexibility index (Phi) is 9.11. The molecule has 7 heterocycles. The third-order valence-corrected chi connectivity index (χ3v) is 22.9. The minimum Gasteiger partial charge on any atom is -0.507 e. The second-order valence-electron chi connectivity index (χ2n) is 26.1. The summed E-state index contributed by atoms with van der Waals surface area (Å²) in [6.07, 6.45) is 9.78. The van der Waals surface area contributed by atoms with Gasteiger partial charge in [-0.05, 0) is 160 Å². The number of anilines is 1. The number of ketones is 2. The van der Waals surface area contributed by atoms with Gasteiger partial charge in [-0.2, -0.15) is 0 Å². The number of pyridine rings is 1. The number of aromatic nitrogens is 4. The van der Waals surface area contributed by atoms with Gasteiger partial charge in [-0.1, -0.05) is 30.8 Å². The monoisotopic (exact) mass is 1050 g/mol. The molecule has 4 aliphatic heterocycles. The third kappa shape index (κ3) is 5.35. The lowest BCUT2D eigenvalue weighted by atomic mass is 9.50. The van der Waals surface area contributed by atoms with Crippen molar-refractivity contribution in [2.24, 2.45) is 34.0 Å². The molecule has 9 aliphatic carbocycles. The van der Waals surface area contributed by atoms with Crippen LogP contribution < -0.4 is 10.1 Å². The highest BCUT2D eigenvalue weighted by atomic mass is 16.7. The van der Waals surface area contributed by atoms with Gasteiger partial charge in [0.15, 0.2) is 17.5 Å². The van der Waals surface area contributed by atoms with Crippen LogP contribution in [0, 0.1) is 52.8 Å². The van der Waals surface area contributed by atoms with E-state index in [0.29, 0.717) is 77.5 Å². The summed E-state index contributed by atoms with van der Waals surface area (Å²) >= 11 is 0. The molecule has 18 rings (SSSR count). The zero-order valence-electron chi connectivity index (χ0n) is 43.5. The first kappa shape index (κ1) is 46.8. The molecule has 400 valence electrons. The Hall–Kier alpha value is -6.12. The number of aryl methyl sites for hydroxylation is 2. The Labute approximate surface area is 450 Å². The van der Waals surface area contributed by atoms with Crippen molar-refractivity contribution in [3.8, 4) is 23.3 Å². The largest absolute Gasteiger partial charge is 0.507 e. The van der Waals surface area contributed by atoms with Crippen LogP contribution in [0.2, 0.25) is 0 Å². The van der Waals surface area contributed by atoms with Gasteiger partial charge >= 0.3 is 0 Å². The number of nitrogens with zero attached hydrogens (tertiary/aromatic N) is 2. The average Bonchev–Trinajstić information content (AvgIpc) is 4.46. The molecule has 13 aliphatic rings. The van der Waals surface area contributed by atoms with Crippen molar-refractivity contribution in [3.63, 3.8) is 0 Å². The topological polar surface area (TPSA) is 243 Å². The van der Waals surface area contributed by atoms with E-state index in [0.717, 1.165) is 92.4 Å². The second kappa shape index (κ2) is 15.2. The van der Waals surface area contributed by atoms with Crippen molar-refractivity contribution in [1.29, 1.82) is 0 Å². The molecule has 2 aromatic carbocycles.